The van der Waals surface area contributed by atoms with Crippen LogP contribution in [0, 0.1) is 0 Å². The van der Waals surface area contributed by atoms with Crippen LogP contribution in [0.4, 0.5) is 0 Å². The summed E-state index contributed by atoms with van der Waals surface area (Å²) in [5, 5.41) is 1.65. The number of carbonyl (C=O) groups is 1. The Morgan fingerprint density at radius 3 is 2.50 bits per heavy atom. The summed E-state index contributed by atoms with van der Waals surface area (Å²) < 4.78 is 0. The van der Waals surface area contributed by atoms with Crippen LogP contribution in [0.2, 0.25) is 5.02 Å². The topological polar surface area (TPSA) is 58.9 Å². The molecule has 110 valence electrons. The van der Waals surface area contributed by atoms with Gasteiger partial charge in [-0.15, -0.1) is 0 Å². The van der Waals surface area contributed by atoms with Gasteiger partial charge in [-0.3, -0.25) is 4.79 Å². The maximum Gasteiger partial charge on any atom is 0.265 e. The molecule has 0 spiro atoms. The smallest absolute Gasteiger partial charge is 0.265 e. The molecule has 1 aliphatic rings. The SMILES string of the molecule is NC(=O)c1[nH]c2ccc(Cl)cc2c1C1(c2ccccc2)CC1. The van der Waals surface area contributed by atoms with E-state index in [0.717, 1.165) is 29.3 Å². The minimum atomic E-state index is -0.426. The predicted octanol–water partition coefficient (Wildman–Crippen LogP) is 4.00. The lowest BCUT2D eigenvalue weighted by atomic mass is 9.86. The van der Waals surface area contributed by atoms with Crippen LogP contribution in [0.5, 0.6) is 0 Å². The first-order valence-electron chi connectivity index (χ1n) is 7.29. The van der Waals surface area contributed by atoms with E-state index in [9.17, 15) is 4.79 Å². The van der Waals surface area contributed by atoms with Crippen LogP contribution in [-0.2, 0) is 5.41 Å². The van der Waals surface area contributed by atoms with Crippen molar-refractivity contribution in [1.82, 2.24) is 4.98 Å². The summed E-state index contributed by atoms with van der Waals surface area (Å²) in [6.45, 7) is 0. The monoisotopic (exact) mass is 310 g/mol. The highest BCUT2D eigenvalue weighted by Gasteiger charge is 2.49. The van der Waals surface area contributed by atoms with Gasteiger partial charge in [0, 0.05) is 26.9 Å². The standard InChI is InChI=1S/C18H15ClN2O/c19-12-6-7-14-13(10-12)15(16(21-14)17(20)22)18(8-9-18)11-4-2-1-3-5-11/h1-7,10,21H,8-9H2,(H2,20,22). The van der Waals surface area contributed by atoms with Gasteiger partial charge < -0.3 is 10.7 Å². The molecule has 3 N–H and O–H groups in total. The average molecular weight is 311 g/mol. The van der Waals surface area contributed by atoms with Crippen LogP contribution >= 0.6 is 11.6 Å². The third kappa shape index (κ3) is 1.86. The summed E-state index contributed by atoms with van der Waals surface area (Å²) in [7, 11) is 0. The highest BCUT2D eigenvalue weighted by atomic mass is 35.5. The first kappa shape index (κ1) is 13.4. The largest absolute Gasteiger partial charge is 0.364 e. The van der Waals surface area contributed by atoms with Crippen LogP contribution in [0.1, 0.15) is 34.5 Å². The lowest BCUT2D eigenvalue weighted by Crippen LogP contribution is -2.18. The number of carbonyl (C=O) groups excluding carboxylic acids is 1. The number of nitrogens with one attached hydrogen (secondary N) is 1. The molecule has 1 aromatic heterocycles. The second-order valence-electron chi connectivity index (χ2n) is 5.88. The molecular formula is C18H15ClN2O. The van der Waals surface area contributed by atoms with Gasteiger partial charge in [-0.2, -0.15) is 0 Å². The minimum Gasteiger partial charge on any atom is -0.364 e. The molecule has 4 rings (SSSR count). The number of hydrogen-bond donors (Lipinski definition) is 2. The molecule has 0 atom stereocenters. The van der Waals surface area contributed by atoms with Crippen molar-refractivity contribution in [3.63, 3.8) is 0 Å². The summed E-state index contributed by atoms with van der Waals surface area (Å²) >= 11 is 6.17. The Morgan fingerprint density at radius 2 is 1.86 bits per heavy atom. The average Bonchev–Trinajstić information content (AvgIpc) is 3.23. The van der Waals surface area contributed by atoms with Gasteiger partial charge >= 0.3 is 0 Å². The van der Waals surface area contributed by atoms with E-state index in [1.165, 1.54) is 5.56 Å². The lowest BCUT2D eigenvalue weighted by molar-refractivity contribution is 0.0995. The molecular weight excluding hydrogens is 296 g/mol. The van der Waals surface area contributed by atoms with E-state index in [1.54, 1.807) is 0 Å². The van der Waals surface area contributed by atoms with Crippen LogP contribution in [-0.4, -0.2) is 10.9 Å². The van der Waals surface area contributed by atoms with Gasteiger partial charge in [-0.1, -0.05) is 41.9 Å². The van der Waals surface area contributed by atoms with Crippen molar-refractivity contribution >= 4 is 28.4 Å². The molecule has 1 fully saturated rings. The molecule has 3 nitrogen and oxygen atoms in total. The fourth-order valence-corrected chi connectivity index (χ4v) is 3.58. The van der Waals surface area contributed by atoms with Gasteiger partial charge in [-0.25, -0.2) is 0 Å². The molecule has 1 amide bonds. The Morgan fingerprint density at radius 1 is 1.14 bits per heavy atom. The summed E-state index contributed by atoms with van der Waals surface area (Å²) in [4.78, 5) is 15.1. The summed E-state index contributed by atoms with van der Waals surface area (Å²) in [6.07, 6.45) is 2.02. The van der Waals surface area contributed by atoms with Gasteiger partial charge in [-0.05, 0) is 36.6 Å². The number of aromatic amines is 1. The number of halogens is 1. The molecule has 0 unspecified atom stereocenters. The van der Waals surface area contributed by atoms with E-state index in [2.05, 4.69) is 17.1 Å². The molecule has 0 saturated heterocycles. The number of hydrogen-bond acceptors (Lipinski definition) is 1. The zero-order chi connectivity index (χ0) is 15.3. The van der Waals surface area contributed by atoms with Gasteiger partial charge in [0.05, 0.1) is 0 Å². The van der Waals surface area contributed by atoms with Gasteiger partial charge in [0.1, 0.15) is 5.69 Å². The van der Waals surface area contributed by atoms with E-state index in [-0.39, 0.29) is 5.41 Å². The van der Waals surface area contributed by atoms with Crippen molar-refractivity contribution in [1.29, 1.82) is 0 Å². The highest BCUT2D eigenvalue weighted by Crippen LogP contribution is 2.56. The van der Waals surface area contributed by atoms with Crippen molar-refractivity contribution in [2.45, 2.75) is 18.3 Å². The summed E-state index contributed by atoms with van der Waals surface area (Å²) in [5.41, 5.74) is 9.09. The highest BCUT2D eigenvalue weighted by molar-refractivity contribution is 6.31. The van der Waals surface area contributed by atoms with E-state index in [0.29, 0.717) is 10.7 Å². The zero-order valence-electron chi connectivity index (χ0n) is 11.9. The second kappa shape index (κ2) is 4.62. The van der Waals surface area contributed by atoms with E-state index in [4.69, 9.17) is 17.3 Å². The maximum atomic E-state index is 11.9. The van der Waals surface area contributed by atoms with Crippen molar-refractivity contribution in [2.24, 2.45) is 5.73 Å². The minimum absolute atomic E-state index is 0.130. The van der Waals surface area contributed by atoms with Crippen molar-refractivity contribution < 1.29 is 4.79 Å². The molecule has 2 aromatic carbocycles. The second-order valence-corrected chi connectivity index (χ2v) is 6.31. The van der Waals surface area contributed by atoms with E-state index >= 15 is 0 Å². The van der Waals surface area contributed by atoms with E-state index < -0.39 is 5.91 Å². The number of amides is 1. The zero-order valence-corrected chi connectivity index (χ0v) is 12.7. The molecule has 4 heteroatoms. The molecule has 1 aliphatic carbocycles. The summed E-state index contributed by atoms with van der Waals surface area (Å²) in [5.74, 6) is -0.426. The molecule has 1 saturated carbocycles. The first-order valence-corrected chi connectivity index (χ1v) is 7.67. The number of rotatable bonds is 3. The maximum absolute atomic E-state index is 11.9. The van der Waals surface area contributed by atoms with Crippen LogP contribution < -0.4 is 5.73 Å². The number of benzene rings is 2. The Kier molecular flexibility index (Phi) is 2.81. The predicted molar refractivity (Wildman–Crippen MR) is 88.3 cm³/mol. The number of primary amides is 1. The van der Waals surface area contributed by atoms with E-state index in [1.807, 2.05) is 36.4 Å². The Hall–Kier alpha value is -2.26. The Bertz CT molecular complexity index is 879. The third-order valence-corrected chi connectivity index (χ3v) is 4.80. The number of H-pyrrole nitrogens is 1. The molecule has 22 heavy (non-hydrogen) atoms. The molecule has 3 aromatic rings. The van der Waals surface area contributed by atoms with Crippen LogP contribution in [0.15, 0.2) is 48.5 Å². The number of nitrogens with two attached hydrogens (primary N) is 1. The molecule has 0 bridgehead atoms. The number of aromatic nitrogens is 1. The Balaban J connectivity index is 2.03. The van der Waals surface area contributed by atoms with Crippen molar-refractivity contribution in [3.05, 3.63) is 70.4 Å². The molecule has 0 radical (unpaired) electrons. The van der Waals surface area contributed by atoms with Crippen molar-refractivity contribution in [3.8, 4) is 0 Å². The van der Waals surface area contributed by atoms with Crippen LogP contribution in [0.3, 0.4) is 0 Å². The fraction of sp³-hybridized carbons (Fsp3) is 0.167. The number of fused-ring (bicyclic) bond motifs is 1. The fourth-order valence-electron chi connectivity index (χ4n) is 3.41. The van der Waals surface area contributed by atoms with Crippen LogP contribution in [0.25, 0.3) is 10.9 Å². The first-order chi connectivity index (χ1) is 10.6. The van der Waals surface area contributed by atoms with Gasteiger partial charge in [0.25, 0.3) is 5.91 Å². The van der Waals surface area contributed by atoms with Crippen molar-refractivity contribution in [2.75, 3.05) is 0 Å². The summed E-state index contributed by atoms with van der Waals surface area (Å²) in [6, 6.07) is 15.9. The quantitative estimate of drug-likeness (QED) is 0.754. The molecule has 1 heterocycles. The normalized spacial score (nSPS) is 15.9. The Labute approximate surface area is 133 Å². The van der Waals surface area contributed by atoms with Gasteiger partial charge in [0.2, 0.25) is 0 Å². The molecule has 0 aliphatic heterocycles. The third-order valence-electron chi connectivity index (χ3n) is 4.56. The lowest BCUT2D eigenvalue weighted by Gasteiger charge is -2.17. The van der Waals surface area contributed by atoms with Gasteiger partial charge in [0.15, 0.2) is 0 Å².